The molecule has 0 spiro atoms. The summed E-state index contributed by atoms with van der Waals surface area (Å²) in [5.41, 5.74) is 3.43. The van der Waals surface area contributed by atoms with E-state index in [0.717, 1.165) is 16.7 Å². The quantitative estimate of drug-likeness (QED) is 0.809. The molecule has 2 aromatic rings. The van der Waals surface area contributed by atoms with Gasteiger partial charge in [-0.2, -0.15) is 0 Å². The first-order chi connectivity index (χ1) is 13.5. The number of nitrogens with one attached hydrogen (secondary N) is 1. The normalized spacial score (nSPS) is 14.9. The van der Waals surface area contributed by atoms with Gasteiger partial charge in [0, 0.05) is 18.8 Å². The van der Waals surface area contributed by atoms with Gasteiger partial charge in [-0.1, -0.05) is 42.5 Å². The average Bonchev–Trinajstić information content (AvgIpc) is 2.68. The number of anilines is 1. The van der Waals surface area contributed by atoms with E-state index in [1.165, 1.54) is 11.8 Å². The van der Waals surface area contributed by atoms with E-state index in [1.54, 1.807) is 12.3 Å². The summed E-state index contributed by atoms with van der Waals surface area (Å²) in [6, 6.07) is 14.5. The number of hydrogen-bond acceptors (Lipinski definition) is 4. The van der Waals surface area contributed by atoms with Crippen LogP contribution in [-0.4, -0.2) is 29.3 Å². The van der Waals surface area contributed by atoms with Crippen molar-refractivity contribution in [3.05, 3.63) is 71.4 Å². The number of nitrogens with zero attached hydrogens (tertiary/aromatic N) is 1. The van der Waals surface area contributed by atoms with Gasteiger partial charge in [0.25, 0.3) is 5.91 Å². The van der Waals surface area contributed by atoms with E-state index in [0.29, 0.717) is 5.69 Å². The molecule has 0 aliphatic carbocycles. The van der Waals surface area contributed by atoms with Crippen molar-refractivity contribution < 1.29 is 19.1 Å². The molecule has 0 saturated heterocycles. The molecule has 0 fully saturated rings. The zero-order chi connectivity index (χ0) is 20.1. The highest BCUT2D eigenvalue weighted by Crippen LogP contribution is 2.33. The lowest BCUT2D eigenvalue weighted by Gasteiger charge is -2.32. The number of carbonyl (C=O) groups is 3. The van der Waals surface area contributed by atoms with Crippen LogP contribution >= 0.6 is 0 Å². The fraction of sp³-hybridized carbons (Fsp3) is 0.227. The van der Waals surface area contributed by atoms with E-state index in [1.807, 2.05) is 55.5 Å². The number of ether oxygens (including phenoxy) is 1. The third kappa shape index (κ3) is 4.46. The van der Waals surface area contributed by atoms with Crippen LogP contribution in [-0.2, 0) is 19.1 Å². The Bertz CT molecular complexity index is 936. The van der Waals surface area contributed by atoms with Crippen LogP contribution in [0.25, 0.3) is 6.08 Å². The Morgan fingerprint density at radius 1 is 1.07 bits per heavy atom. The maximum absolute atomic E-state index is 12.3. The van der Waals surface area contributed by atoms with Crippen LogP contribution in [0.1, 0.15) is 36.1 Å². The molecule has 144 valence electrons. The van der Waals surface area contributed by atoms with Gasteiger partial charge in [-0.25, -0.2) is 0 Å². The summed E-state index contributed by atoms with van der Waals surface area (Å²) in [5, 5.41) is 2.72. The molecule has 28 heavy (non-hydrogen) atoms. The minimum Gasteiger partial charge on any atom is -0.455 e. The van der Waals surface area contributed by atoms with Gasteiger partial charge in [-0.15, -0.1) is 0 Å². The van der Waals surface area contributed by atoms with Gasteiger partial charge in [-0.3, -0.25) is 14.4 Å². The zero-order valence-electron chi connectivity index (χ0n) is 15.8. The highest BCUT2D eigenvalue weighted by atomic mass is 16.5. The van der Waals surface area contributed by atoms with Crippen molar-refractivity contribution in [2.24, 2.45) is 0 Å². The number of esters is 1. The van der Waals surface area contributed by atoms with E-state index in [4.69, 9.17) is 4.74 Å². The number of rotatable bonds is 5. The lowest BCUT2D eigenvalue weighted by molar-refractivity contribution is -0.149. The van der Waals surface area contributed by atoms with Crippen LogP contribution < -0.4 is 5.32 Å². The standard InChI is InChI=1S/C22H22N2O4/c1-15-7-3-6-10-19(15)23-21(26)14-28-22(27)13-20-18-9-5-4-8-17(18)11-12-24(20)16(2)25/h3-12,20H,13-14H2,1-2H3,(H,23,26)/t20-/m1/s1. The molecule has 0 saturated carbocycles. The maximum atomic E-state index is 12.3. The highest BCUT2D eigenvalue weighted by molar-refractivity contribution is 5.93. The van der Waals surface area contributed by atoms with Gasteiger partial charge in [0.05, 0.1) is 12.5 Å². The van der Waals surface area contributed by atoms with E-state index in [9.17, 15) is 14.4 Å². The molecular weight excluding hydrogens is 356 g/mol. The molecule has 0 bridgehead atoms. The smallest absolute Gasteiger partial charge is 0.308 e. The zero-order valence-corrected chi connectivity index (χ0v) is 15.8. The van der Waals surface area contributed by atoms with Crippen LogP contribution in [0.5, 0.6) is 0 Å². The average molecular weight is 378 g/mol. The second-order valence-corrected chi connectivity index (χ2v) is 6.61. The first-order valence-electron chi connectivity index (χ1n) is 9.03. The molecule has 1 aliphatic rings. The van der Waals surface area contributed by atoms with Crippen molar-refractivity contribution in [1.82, 2.24) is 4.90 Å². The summed E-state index contributed by atoms with van der Waals surface area (Å²) < 4.78 is 5.15. The first kappa shape index (κ1) is 19.4. The molecular formula is C22H22N2O4. The van der Waals surface area contributed by atoms with Crippen LogP contribution in [0.3, 0.4) is 0 Å². The van der Waals surface area contributed by atoms with Crippen LogP contribution in [0, 0.1) is 6.92 Å². The molecule has 0 unspecified atom stereocenters. The highest BCUT2D eigenvalue weighted by Gasteiger charge is 2.28. The van der Waals surface area contributed by atoms with E-state index < -0.39 is 17.9 Å². The minimum atomic E-state index is -0.540. The molecule has 2 aromatic carbocycles. The molecule has 6 nitrogen and oxygen atoms in total. The summed E-state index contributed by atoms with van der Waals surface area (Å²) in [5.74, 6) is -1.11. The third-order valence-corrected chi connectivity index (χ3v) is 4.61. The first-order valence-corrected chi connectivity index (χ1v) is 9.03. The molecule has 1 aliphatic heterocycles. The Kier molecular flexibility index (Phi) is 5.89. The molecule has 1 heterocycles. The second kappa shape index (κ2) is 8.52. The van der Waals surface area contributed by atoms with Gasteiger partial charge in [0.1, 0.15) is 0 Å². The lowest BCUT2D eigenvalue weighted by Crippen LogP contribution is -2.33. The Morgan fingerprint density at radius 3 is 2.54 bits per heavy atom. The van der Waals surface area contributed by atoms with Crippen LogP contribution in [0.2, 0.25) is 0 Å². The van der Waals surface area contributed by atoms with Crippen molar-refractivity contribution in [2.75, 3.05) is 11.9 Å². The summed E-state index contributed by atoms with van der Waals surface area (Å²) in [6.07, 6.45) is 3.49. The summed E-state index contributed by atoms with van der Waals surface area (Å²) >= 11 is 0. The monoisotopic (exact) mass is 378 g/mol. The van der Waals surface area contributed by atoms with Gasteiger partial charge in [0.15, 0.2) is 6.61 Å². The van der Waals surface area contributed by atoms with Crippen molar-refractivity contribution in [2.45, 2.75) is 26.3 Å². The molecule has 1 N–H and O–H groups in total. The van der Waals surface area contributed by atoms with Gasteiger partial charge in [0.2, 0.25) is 5.91 Å². The molecule has 0 radical (unpaired) electrons. The second-order valence-electron chi connectivity index (χ2n) is 6.61. The number of fused-ring (bicyclic) bond motifs is 1. The lowest BCUT2D eigenvalue weighted by atomic mass is 9.94. The van der Waals surface area contributed by atoms with Crippen molar-refractivity contribution in [1.29, 1.82) is 0 Å². The summed E-state index contributed by atoms with van der Waals surface area (Å²) in [4.78, 5) is 37.9. The third-order valence-electron chi connectivity index (χ3n) is 4.61. The predicted molar refractivity (Wildman–Crippen MR) is 106 cm³/mol. The largest absolute Gasteiger partial charge is 0.455 e. The number of benzene rings is 2. The number of hydrogen-bond donors (Lipinski definition) is 1. The van der Waals surface area contributed by atoms with Gasteiger partial charge in [-0.05, 0) is 35.8 Å². The molecule has 1 atom stereocenters. The SMILES string of the molecule is CC(=O)N1C=Cc2ccccc2[C@H]1CC(=O)OCC(=O)Nc1ccccc1C. The Hall–Kier alpha value is -3.41. The van der Waals surface area contributed by atoms with Gasteiger partial charge < -0.3 is 15.0 Å². The minimum absolute atomic E-state index is 0.0292. The number of aryl methyl sites for hydroxylation is 1. The maximum Gasteiger partial charge on any atom is 0.308 e. The number of para-hydroxylation sites is 1. The molecule has 3 rings (SSSR count). The van der Waals surface area contributed by atoms with E-state index in [2.05, 4.69) is 5.32 Å². The summed E-state index contributed by atoms with van der Waals surface area (Å²) in [6.45, 7) is 2.95. The fourth-order valence-electron chi connectivity index (χ4n) is 3.18. The van der Waals surface area contributed by atoms with Crippen LogP contribution in [0.15, 0.2) is 54.7 Å². The van der Waals surface area contributed by atoms with Crippen molar-refractivity contribution >= 4 is 29.5 Å². The number of amides is 2. The Labute approximate surface area is 163 Å². The van der Waals surface area contributed by atoms with E-state index in [-0.39, 0.29) is 18.9 Å². The van der Waals surface area contributed by atoms with Crippen LogP contribution in [0.4, 0.5) is 5.69 Å². The molecule has 6 heteroatoms. The van der Waals surface area contributed by atoms with Crippen molar-refractivity contribution in [3.63, 3.8) is 0 Å². The Balaban J connectivity index is 1.62. The molecule has 2 amide bonds. The van der Waals surface area contributed by atoms with Gasteiger partial charge >= 0.3 is 5.97 Å². The topological polar surface area (TPSA) is 75.7 Å². The Morgan fingerprint density at radius 2 is 1.79 bits per heavy atom. The van der Waals surface area contributed by atoms with E-state index >= 15 is 0 Å². The fourth-order valence-corrected chi connectivity index (χ4v) is 3.18. The van der Waals surface area contributed by atoms with Crippen molar-refractivity contribution in [3.8, 4) is 0 Å². The number of carbonyl (C=O) groups excluding carboxylic acids is 3. The summed E-state index contributed by atoms with van der Waals surface area (Å²) in [7, 11) is 0. The molecule has 0 aromatic heterocycles. The predicted octanol–water partition coefficient (Wildman–Crippen LogP) is 3.44.